The van der Waals surface area contributed by atoms with E-state index in [-0.39, 0.29) is 6.10 Å². The number of hydrogen-bond donors (Lipinski definition) is 0. The third-order valence-electron chi connectivity index (χ3n) is 6.09. The van der Waals surface area contributed by atoms with E-state index in [9.17, 15) is 4.79 Å². The molecule has 5 atom stereocenters. The van der Waals surface area contributed by atoms with Gasteiger partial charge in [0.15, 0.2) is 0 Å². The highest BCUT2D eigenvalue weighted by atomic mass is 16.5. The molecule has 0 radical (unpaired) electrons. The minimum Gasteiger partial charge on any atom is -0.464 e. The molecule has 2 nitrogen and oxygen atoms in total. The number of rotatable bonds is 7. The second kappa shape index (κ2) is 5.46. The third-order valence-corrected chi connectivity index (χ3v) is 6.09. The van der Waals surface area contributed by atoms with Gasteiger partial charge in [0, 0.05) is 5.41 Å². The Labute approximate surface area is 117 Å². The fourth-order valence-corrected chi connectivity index (χ4v) is 5.73. The molecule has 0 amide bonds. The van der Waals surface area contributed by atoms with E-state index in [0.29, 0.717) is 11.3 Å². The first kappa shape index (κ1) is 13.5. The van der Waals surface area contributed by atoms with Crippen molar-refractivity contribution in [3.05, 3.63) is 0 Å². The van der Waals surface area contributed by atoms with E-state index in [1.54, 1.807) is 0 Å². The number of unbranched alkanes of at least 4 members (excludes halogenated alkanes) is 3. The number of carbonyl (C=O) groups is 1. The Morgan fingerprint density at radius 2 is 1.84 bits per heavy atom. The maximum absolute atomic E-state index is 10.9. The van der Waals surface area contributed by atoms with Crippen LogP contribution in [0.2, 0.25) is 0 Å². The zero-order valence-electron chi connectivity index (χ0n) is 12.3. The summed E-state index contributed by atoms with van der Waals surface area (Å²) < 4.78 is 5.60. The number of carbonyl (C=O) groups excluding carboxylic acids is 1. The topological polar surface area (TPSA) is 26.3 Å². The average Bonchev–Trinajstić information content (AvgIpc) is 2.38. The number of hydrogen-bond acceptors (Lipinski definition) is 2. The van der Waals surface area contributed by atoms with E-state index >= 15 is 0 Å². The predicted molar refractivity (Wildman–Crippen MR) is 75.7 cm³/mol. The molecular weight excluding hydrogens is 236 g/mol. The van der Waals surface area contributed by atoms with Crippen molar-refractivity contribution in [2.24, 2.45) is 23.2 Å². The molecule has 108 valence electrons. The van der Waals surface area contributed by atoms with E-state index in [0.717, 1.165) is 18.3 Å². The molecule has 4 saturated carbocycles. The molecule has 4 aliphatic rings. The van der Waals surface area contributed by atoms with Crippen LogP contribution in [0.5, 0.6) is 0 Å². The molecule has 0 aromatic carbocycles. The van der Waals surface area contributed by atoms with E-state index in [1.807, 2.05) is 0 Å². The summed E-state index contributed by atoms with van der Waals surface area (Å²) in [6.45, 7) is 2.99. The van der Waals surface area contributed by atoms with Crippen LogP contribution < -0.4 is 0 Å². The van der Waals surface area contributed by atoms with Crippen LogP contribution in [0.25, 0.3) is 0 Å². The lowest BCUT2D eigenvalue weighted by molar-refractivity contribution is -0.184. The summed E-state index contributed by atoms with van der Waals surface area (Å²) in [6.07, 6.45) is 13.7. The maximum Gasteiger partial charge on any atom is 0.293 e. The van der Waals surface area contributed by atoms with Crippen LogP contribution in [-0.2, 0) is 9.53 Å². The molecule has 0 aromatic rings. The Balaban J connectivity index is 1.69. The van der Waals surface area contributed by atoms with Crippen molar-refractivity contribution in [3.63, 3.8) is 0 Å². The molecule has 0 aromatic heterocycles. The molecule has 4 bridgehead atoms. The molecule has 4 fully saturated rings. The zero-order valence-corrected chi connectivity index (χ0v) is 12.3. The van der Waals surface area contributed by atoms with Gasteiger partial charge in [0.2, 0.25) is 0 Å². The Bertz CT molecular complexity index is 311. The van der Waals surface area contributed by atoms with Crippen LogP contribution in [-0.4, -0.2) is 12.6 Å². The zero-order chi connectivity index (χ0) is 13.3. The smallest absolute Gasteiger partial charge is 0.293 e. The lowest BCUT2D eigenvalue weighted by Crippen LogP contribution is -2.56. The van der Waals surface area contributed by atoms with Gasteiger partial charge >= 0.3 is 0 Å². The normalized spacial score (nSPS) is 43.4. The van der Waals surface area contributed by atoms with E-state index in [1.165, 1.54) is 64.2 Å². The molecule has 2 heteroatoms. The lowest BCUT2D eigenvalue weighted by atomic mass is 9.47. The highest BCUT2D eigenvalue weighted by Gasteiger charge is 2.57. The van der Waals surface area contributed by atoms with Crippen molar-refractivity contribution in [2.45, 2.75) is 77.2 Å². The maximum atomic E-state index is 10.9. The fraction of sp³-hybridized carbons (Fsp3) is 0.941. The molecule has 0 saturated heterocycles. The summed E-state index contributed by atoms with van der Waals surface area (Å²) in [5.41, 5.74) is 0.364. The van der Waals surface area contributed by atoms with Crippen LogP contribution in [0.1, 0.15) is 71.1 Å². The molecule has 4 aliphatic carbocycles. The van der Waals surface area contributed by atoms with Gasteiger partial charge in [0.05, 0.1) is 0 Å². The first-order chi connectivity index (χ1) is 9.27. The summed E-state index contributed by atoms with van der Waals surface area (Å²) in [6, 6.07) is 0. The Morgan fingerprint density at radius 3 is 2.47 bits per heavy atom. The molecule has 0 spiro atoms. The average molecular weight is 264 g/mol. The van der Waals surface area contributed by atoms with Crippen LogP contribution in [0, 0.1) is 23.2 Å². The van der Waals surface area contributed by atoms with E-state index in [4.69, 9.17) is 4.74 Å². The second-order valence-corrected chi connectivity index (χ2v) is 7.43. The van der Waals surface area contributed by atoms with Crippen molar-refractivity contribution < 1.29 is 9.53 Å². The van der Waals surface area contributed by atoms with Gasteiger partial charge in [-0.15, -0.1) is 0 Å². The Hall–Kier alpha value is -0.530. The highest BCUT2D eigenvalue weighted by Crippen LogP contribution is 2.62. The van der Waals surface area contributed by atoms with Gasteiger partial charge in [-0.1, -0.05) is 32.6 Å². The standard InChI is InChI=1S/C17H28O2/c1-2-3-4-5-6-17-10-13-7-14(11-17)9-15(8-13)16(17)19-12-18/h12-16H,2-11H2,1H3/t13-,14+,15?,16?,17?. The van der Waals surface area contributed by atoms with Gasteiger partial charge in [0.1, 0.15) is 6.10 Å². The lowest BCUT2D eigenvalue weighted by Gasteiger charge is -2.60. The third kappa shape index (κ3) is 2.43. The van der Waals surface area contributed by atoms with Crippen molar-refractivity contribution >= 4 is 6.47 Å². The minimum absolute atomic E-state index is 0.249. The van der Waals surface area contributed by atoms with E-state index in [2.05, 4.69) is 6.92 Å². The fourth-order valence-electron chi connectivity index (χ4n) is 5.73. The summed E-state index contributed by atoms with van der Waals surface area (Å²) >= 11 is 0. The monoisotopic (exact) mass is 264 g/mol. The predicted octanol–water partition coefficient (Wildman–Crippen LogP) is 4.32. The van der Waals surface area contributed by atoms with Crippen molar-refractivity contribution in [2.75, 3.05) is 0 Å². The molecule has 19 heavy (non-hydrogen) atoms. The minimum atomic E-state index is 0.249. The quantitative estimate of drug-likeness (QED) is 0.505. The van der Waals surface area contributed by atoms with Crippen molar-refractivity contribution in [3.8, 4) is 0 Å². The largest absolute Gasteiger partial charge is 0.464 e. The van der Waals surface area contributed by atoms with Crippen molar-refractivity contribution in [1.82, 2.24) is 0 Å². The molecular formula is C17H28O2. The summed E-state index contributed by atoms with van der Waals surface area (Å²) in [7, 11) is 0. The molecule has 0 N–H and O–H groups in total. The van der Waals surface area contributed by atoms with Crippen LogP contribution in [0.4, 0.5) is 0 Å². The molecule has 3 unspecified atom stereocenters. The highest BCUT2D eigenvalue weighted by molar-refractivity contribution is 5.38. The van der Waals surface area contributed by atoms with Crippen LogP contribution in [0.3, 0.4) is 0 Å². The summed E-state index contributed by atoms with van der Waals surface area (Å²) in [5, 5.41) is 0. The first-order valence-electron chi connectivity index (χ1n) is 8.36. The molecule has 4 rings (SSSR count). The van der Waals surface area contributed by atoms with Gasteiger partial charge in [0.25, 0.3) is 6.47 Å². The van der Waals surface area contributed by atoms with Gasteiger partial charge < -0.3 is 4.74 Å². The van der Waals surface area contributed by atoms with E-state index < -0.39 is 0 Å². The van der Waals surface area contributed by atoms with Gasteiger partial charge in [-0.2, -0.15) is 0 Å². The Kier molecular flexibility index (Phi) is 3.86. The van der Waals surface area contributed by atoms with Crippen LogP contribution in [0.15, 0.2) is 0 Å². The summed E-state index contributed by atoms with van der Waals surface area (Å²) in [5.74, 6) is 2.56. The molecule has 0 heterocycles. The number of ether oxygens (including phenoxy) is 1. The van der Waals surface area contributed by atoms with Gasteiger partial charge in [-0.3, -0.25) is 4.79 Å². The second-order valence-electron chi connectivity index (χ2n) is 7.43. The Morgan fingerprint density at radius 1 is 1.11 bits per heavy atom. The summed E-state index contributed by atoms with van der Waals surface area (Å²) in [4.78, 5) is 10.9. The van der Waals surface area contributed by atoms with Gasteiger partial charge in [-0.25, -0.2) is 0 Å². The molecule has 0 aliphatic heterocycles. The van der Waals surface area contributed by atoms with Gasteiger partial charge in [-0.05, 0) is 56.3 Å². The van der Waals surface area contributed by atoms with Crippen molar-refractivity contribution in [1.29, 1.82) is 0 Å². The first-order valence-corrected chi connectivity index (χ1v) is 8.36. The van der Waals surface area contributed by atoms with Crippen LogP contribution >= 0.6 is 0 Å². The SMILES string of the molecule is CCCCCCC12C[C@@H]3CC(C[C@@H](C3)C1)C2OC=O.